The van der Waals surface area contributed by atoms with Crippen LogP contribution in [0.3, 0.4) is 0 Å². The van der Waals surface area contributed by atoms with E-state index in [1.807, 2.05) is 6.07 Å². The molecule has 0 radical (unpaired) electrons. The molecule has 6 heteroatoms. The molecule has 2 N–H and O–H groups in total. The predicted octanol–water partition coefficient (Wildman–Crippen LogP) is 3.44. The van der Waals surface area contributed by atoms with Crippen molar-refractivity contribution in [3.05, 3.63) is 34.3 Å². The van der Waals surface area contributed by atoms with Gasteiger partial charge in [-0.05, 0) is 18.2 Å². The molecule has 0 atom stereocenters. The van der Waals surface area contributed by atoms with Crippen molar-refractivity contribution in [1.29, 1.82) is 0 Å². The van der Waals surface area contributed by atoms with Gasteiger partial charge in [-0.15, -0.1) is 0 Å². The van der Waals surface area contributed by atoms with Crippen LogP contribution in [0.15, 0.2) is 24.3 Å². The number of aromatic nitrogens is 2. The third kappa shape index (κ3) is 3.16. The van der Waals surface area contributed by atoms with Crippen LogP contribution in [0.25, 0.3) is 11.3 Å². The van der Waals surface area contributed by atoms with E-state index in [4.69, 9.17) is 27.9 Å². The van der Waals surface area contributed by atoms with Crippen LogP contribution in [0, 0.1) is 0 Å². The first kappa shape index (κ1) is 13.2. The van der Waals surface area contributed by atoms with Crippen molar-refractivity contribution >= 4 is 29.0 Å². The van der Waals surface area contributed by atoms with Crippen molar-refractivity contribution < 1.29 is 4.74 Å². The van der Waals surface area contributed by atoms with E-state index in [-0.39, 0.29) is 0 Å². The molecule has 0 aliphatic heterocycles. The third-order valence-corrected chi connectivity index (χ3v) is 2.97. The van der Waals surface area contributed by atoms with Gasteiger partial charge < -0.3 is 10.1 Å². The molecule has 1 aromatic heterocycles. The quantitative estimate of drug-likeness (QED) is 0.828. The summed E-state index contributed by atoms with van der Waals surface area (Å²) in [5.41, 5.74) is 1.65. The zero-order chi connectivity index (χ0) is 13.0. The summed E-state index contributed by atoms with van der Waals surface area (Å²) in [7, 11) is 1.66. The predicted molar refractivity (Wildman–Crippen MR) is 74.4 cm³/mol. The Kier molecular flexibility index (Phi) is 4.47. The van der Waals surface area contributed by atoms with E-state index in [1.165, 1.54) is 0 Å². The van der Waals surface area contributed by atoms with Crippen molar-refractivity contribution in [3.8, 4) is 11.3 Å². The molecule has 0 fully saturated rings. The summed E-state index contributed by atoms with van der Waals surface area (Å²) in [4.78, 5) is 0. The lowest BCUT2D eigenvalue weighted by atomic mass is 10.1. The van der Waals surface area contributed by atoms with Crippen LogP contribution < -0.4 is 5.32 Å². The summed E-state index contributed by atoms with van der Waals surface area (Å²) in [5.74, 6) is 0.748. The average Bonchev–Trinajstić information content (AvgIpc) is 2.81. The molecule has 1 aromatic carbocycles. The molecule has 0 unspecified atom stereocenters. The Morgan fingerprint density at radius 1 is 1.33 bits per heavy atom. The van der Waals surface area contributed by atoms with Gasteiger partial charge in [0.05, 0.1) is 17.3 Å². The normalized spacial score (nSPS) is 10.6. The monoisotopic (exact) mass is 285 g/mol. The van der Waals surface area contributed by atoms with Crippen LogP contribution in [-0.2, 0) is 4.74 Å². The number of nitrogens with one attached hydrogen (secondary N) is 2. The van der Waals surface area contributed by atoms with E-state index in [1.54, 1.807) is 25.3 Å². The second kappa shape index (κ2) is 6.09. The number of nitrogens with zero attached hydrogens (tertiary/aromatic N) is 1. The fraction of sp³-hybridized carbons (Fsp3) is 0.250. The maximum Gasteiger partial charge on any atom is 0.148 e. The second-order valence-electron chi connectivity index (χ2n) is 3.71. The molecular weight excluding hydrogens is 273 g/mol. The standard InChI is InChI=1S/C12H13Cl2N3O/c1-18-5-4-15-12-7-11(16-17-12)9-6-8(13)2-3-10(9)14/h2-3,6-7H,4-5H2,1H3,(H2,15,16,17). The topological polar surface area (TPSA) is 49.9 Å². The lowest BCUT2D eigenvalue weighted by Crippen LogP contribution is -2.07. The van der Waals surface area contributed by atoms with E-state index >= 15 is 0 Å². The number of anilines is 1. The molecule has 0 saturated carbocycles. The zero-order valence-electron chi connectivity index (χ0n) is 9.84. The number of benzene rings is 1. The van der Waals surface area contributed by atoms with Gasteiger partial charge in [0, 0.05) is 30.3 Å². The Morgan fingerprint density at radius 3 is 2.94 bits per heavy atom. The van der Waals surface area contributed by atoms with E-state index < -0.39 is 0 Å². The first-order valence-corrected chi connectivity index (χ1v) is 6.20. The SMILES string of the molecule is COCCNc1cc(-c2cc(Cl)ccc2Cl)[nH]n1. The minimum atomic E-state index is 0.625. The number of H-pyrrole nitrogens is 1. The first-order valence-electron chi connectivity index (χ1n) is 5.44. The Hall–Kier alpha value is -1.23. The third-order valence-electron chi connectivity index (χ3n) is 2.41. The van der Waals surface area contributed by atoms with Gasteiger partial charge in [-0.3, -0.25) is 5.10 Å². The van der Waals surface area contributed by atoms with Gasteiger partial charge in [0.1, 0.15) is 5.82 Å². The Labute approximate surface area is 115 Å². The molecule has 4 nitrogen and oxygen atoms in total. The highest BCUT2D eigenvalue weighted by Gasteiger charge is 2.08. The van der Waals surface area contributed by atoms with E-state index in [0.717, 1.165) is 17.1 Å². The summed E-state index contributed by atoms with van der Waals surface area (Å²) >= 11 is 12.1. The van der Waals surface area contributed by atoms with Crippen molar-refractivity contribution in [1.82, 2.24) is 10.2 Å². The van der Waals surface area contributed by atoms with Crippen LogP contribution in [-0.4, -0.2) is 30.5 Å². The van der Waals surface area contributed by atoms with Crippen molar-refractivity contribution in [3.63, 3.8) is 0 Å². The van der Waals surface area contributed by atoms with Crippen LogP contribution >= 0.6 is 23.2 Å². The molecule has 0 spiro atoms. The maximum absolute atomic E-state index is 6.12. The van der Waals surface area contributed by atoms with Gasteiger partial charge in [0.25, 0.3) is 0 Å². The fourth-order valence-corrected chi connectivity index (χ4v) is 1.93. The summed E-state index contributed by atoms with van der Waals surface area (Å²) in [5, 5.41) is 11.5. The smallest absolute Gasteiger partial charge is 0.148 e. The molecule has 0 aliphatic rings. The van der Waals surface area contributed by atoms with Crippen molar-refractivity contribution in [2.24, 2.45) is 0 Å². The number of hydrogen-bond donors (Lipinski definition) is 2. The minimum Gasteiger partial charge on any atom is -0.383 e. The number of ether oxygens (including phenoxy) is 1. The summed E-state index contributed by atoms with van der Waals surface area (Å²) in [6, 6.07) is 7.20. The fourth-order valence-electron chi connectivity index (χ4n) is 1.54. The summed E-state index contributed by atoms with van der Waals surface area (Å²) in [6.45, 7) is 1.32. The molecule has 2 aromatic rings. The highest BCUT2D eigenvalue weighted by atomic mass is 35.5. The van der Waals surface area contributed by atoms with Crippen LogP contribution in [0.1, 0.15) is 0 Å². The lowest BCUT2D eigenvalue weighted by molar-refractivity contribution is 0.210. The minimum absolute atomic E-state index is 0.625. The van der Waals surface area contributed by atoms with Gasteiger partial charge in [-0.25, -0.2) is 0 Å². The molecule has 96 valence electrons. The van der Waals surface area contributed by atoms with Gasteiger partial charge in [0.2, 0.25) is 0 Å². The molecule has 0 aliphatic carbocycles. The molecule has 0 saturated heterocycles. The highest BCUT2D eigenvalue weighted by Crippen LogP contribution is 2.30. The first-order chi connectivity index (χ1) is 8.70. The van der Waals surface area contributed by atoms with Crippen LogP contribution in [0.5, 0.6) is 0 Å². The molecular formula is C12H13Cl2N3O. The number of methoxy groups -OCH3 is 1. The number of hydrogen-bond acceptors (Lipinski definition) is 3. The van der Waals surface area contributed by atoms with Gasteiger partial charge in [0.15, 0.2) is 0 Å². The van der Waals surface area contributed by atoms with Crippen molar-refractivity contribution in [2.45, 2.75) is 0 Å². The van der Waals surface area contributed by atoms with Crippen LogP contribution in [0.4, 0.5) is 5.82 Å². The zero-order valence-corrected chi connectivity index (χ0v) is 11.3. The van der Waals surface area contributed by atoms with Crippen molar-refractivity contribution in [2.75, 3.05) is 25.6 Å². The number of rotatable bonds is 5. The molecule has 1 heterocycles. The number of halogens is 2. The average molecular weight is 286 g/mol. The van der Waals surface area contributed by atoms with Gasteiger partial charge in [-0.1, -0.05) is 23.2 Å². The Morgan fingerprint density at radius 2 is 2.17 bits per heavy atom. The largest absolute Gasteiger partial charge is 0.383 e. The van der Waals surface area contributed by atoms with Gasteiger partial charge in [-0.2, -0.15) is 5.10 Å². The highest BCUT2D eigenvalue weighted by molar-refractivity contribution is 6.35. The summed E-state index contributed by atoms with van der Waals surface area (Å²) in [6.07, 6.45) is 0. The van der Waals surface area contributed by atoms with Crippen LogP contribution in [0.2, 0.25) is 10.0 Å². The van der Waals surface area contributed by atoms with Gasteiger partial charge >= 0.3 is 0 Å². The number of aromatic amines is 1. The molecule has 18 heavy (non-hydrogen) atoms. The lowest BCUT2D eigenvalue weighted by Gasteiger charge is -2.01. The van der Waals surface area contributed by atoms with E-state index in [0.29, 0.717) is 23.2 Å². The van der Waals surface area contributed by atoms with E-state index in [9.17, 15) is 0 Å². The molecule has 0 amide bonds. The summed E-state index contributed by atoms with van der Waals surface area (Å²) < 4.78 is 4.95. The Balaban J connectivity index is 2.16. The second-order valence-corrected chi connectivity index (χ2v) is 4.55. The molecule has 0 bridgehead atoms. The Bertz CT molecular complexity index is 528. The van der Waals surface area contributed by atoms with E-state index in [2.05, 4.69) is 15.5 Å². The molecule has 2 rings (SSSR count). The maximum atomic E-state index is 6.12.